The lowest BCUT2D eigenvalue weighted by molar-refractivity contribution is 0.122. The van der Waals surface area contributed by atoms with Crippen molar-refractivity contribution in [3.63, 3.8) is 0 Å². The van der Waals surface area contributed by atoms with Crippen molar-refractivity contribution in [2.24, 2.45) is 5.90 Å². The van der Waals surface area contributed by atoms with Crippen molar-refractivity contribution in [1.29, 1.82) is 0 Å². The zero-order valence-corrected chi connectivity index (χ0v) is 9.48. The summed E-state index contributed by atoms with van der Waals surface area (Å²) in [5.41, 5.74) is 2.18. The Morgan fingerprint density at radius 3 is 2.64 bits per heavy atom. The molecule has 0 unspecified atom stereocenters. The van der Waals surface area contributed by atoms with E-state index in [0.717, 1.165) is 11.3 Å². The van der Waals surface area contributed by atoms with Crippen LogP contribution < -0.4 is 10.6 Å². The number of aryl methyl sites for hydroxylation is 1. The van der Waals surface area contributed by atoms with Gasteiger partial charge in [-0.1, -0.05) is 0 Å². The molecule has 4 heteroatoms. The largest absolute Gasteiger partial charge is 0.496 e. The minimum atomic E-state index is 0.372. The molecule has 0 aliphatic carbocycles. The standard InChI is InChI=1S/C10H15NO2S/c1-7-4-9(12-2)8(6-13-11)5-10(7)14-3/h4-5H,6,11H2,1-3H3. The van der Waals surface area contributed by atoms with Gasteiger partial charge >= 0.3 is 0 Å². The zero-order chi connectivity index (χ0) is 10.6. The fourth-order valence-electron chi connectivity index (χ4n) is 1.32. The number of methoxy groups -OCH3 is 1. The number of thioether (sulfide) groups is 1. The van der Waals surface area contributed by atoms with Gasteiger partial charge in [0.05, 0.1) is 13.7 Å². The minimum absolute atomic E-state index is 0.372. The van der Waals surface area contributed by atoms with Crippen LogP contribution in [0.3, 0.4) is 0 Å². The third kappa shape index (κ3) is 2.41. The highest BCUT2D eigenvalue weighted by Gasteiger charge is 2.07. The van der Waals surface area contributed by atoms with Gasteiger partial charge in [0.15, 0.2) is 0 Å². The topological polar surface area (TPSA) is 44.5 Å². The van der Waals surface area contributed by atoms with Crippen LogP contribution in [-0.2, 0) is 11.4 Å². The smallest absolute Gasteiger partial charge is 0.124 e. The Balaban J connectivity index is 3.11. The molecule has 0 atom stereocenters. The van der Waals surface area contributed by atoms with Gasteiger partial charge in [-0.3, -0.25) is 4.84 Å². The number of ether oxygens (including phenoxy) is 1. The Bertz CT molecular complexity index is 315. The maximum Gasteiger partial charge on any atom is 0.124 e. The SMILES string of the molecule is COc1cc(C)c(SC)cc1CON. The summed E-state index contributed by atoms with van der Waals surface area (Å²) in [5, 5.41) is 0. The summed E-state index contributed by atoms with van der Waals surface area (Å²) in [6.07, 6.45) is 2.04. The van der Waals surface area contributed by atoms with E-state index in [9.17, 15) is 0 Å². The van der Waals surface area contributed by atoms with Crippen molar-refractivity contribution >= 4 is 11.8 Å². The Morgan fingerprint density at radius 1 is 1.43 bits per heavy atom. The average molecular weight is 213 g/mol. The maximum atomic E-state index is 5.23. The van der Waals surface area contributed by atoms with Crippen LogP contribution >= 0.6 is 11.8 Å². The average Bonchev–Trinajstić information content (AvgIpc) is 2.20. The second-order valence-corrected chi connectivity index (χ2v) is 3.79. The molecule has 2 N–H and O–H groups in total. The molecule has 0 fully saturated rings. The highest BCUT2D eigenvalue weighted by atomic mass is 32.2. The first-order valence-electron chi connectivity index (χ1n) is 4.26. The Hall–Kier alpha value is -0.710. The summed E-state index contributed by atoms with van der Waals surface area (Å²) < 4.78 is 5.23. The van der Waals surface area contributed by atoms with Gasteiger partial charge in [-0.25, -0.2) is 5.90 Å². The van der Waals surface area contributed by atoms with E-state index in [0.29, 0.717) is 6.61 Å². The van der Waals surface area contributed by atoms with Crippen LogP contribution in [0.1, 0.15) is 11.1 Å². The first-order chi connectivity index (χ1) is 6.72. The molecule has 0 aliphatic heterocycles. The fourth-order valence-corrected chi connectivity index (χ4v) is 1.96. The third-order valence-corrected chi connectivity index (χ3v) is 2.92. The number of rotatable bonds is 4. The Labute approximate surface area is 88.5 Å². The fraction of sp³-hybridized carbons (Fsp3) is 0.400. The second-order valence-electron chi connectivity index (χ2n) is 2.94. The van der Waals surface area contributed by atoms with E-state index < -0.39 is 0 Å². The highest BCUT2D eigenvalue weighted by Crippen LogP contribution is 2.28. The summed E-state index contributed by atoms with van der Waals surface area (Å²) in [5.74, 6) is 5.88. The van der Waals surface area contributed by atoms with Gasteiger partial charge in [0.25, 0.3) is 0 Å². The summed E-state index contributed by atoms with van der Waals surface area (Å²) >= 11 is 1.70. The van der Waals surface area contributed by atoms with Gasteiger partial charge in [-0.15, -0.1) is 11.8 Å². The van der Waals surface area contributed by atoms with E-state index >= 15 is 0 Å². The van der Waals surface area contributed by atoms with Gasteiger partial charge in [-0.05, 0) is 30.9 Å². The van der Waals surface area contributed by atoms with E-state index in [1.807, 2.05) is 18.4 Å². The first-order valence-corrected chi connectivity index (χ1v) is 5.48. The van der Waals surface area contributed by atoms with Crippen LogP contribution in [0.25, 0.3) is 0 Å². The first kappa shape index (κ1) is 11.4. The van der Waals surface area contributed by atoms with Gasteiger partial charge in [-0.2, -0.15) is 0 Å². The van der Waals surface area contributed by atoms with E-state index in [1.54, 1.807) is 18.9 Å². The molecule has 0 aromatic heterocycles. The lowest BCUT2D eigenvalue weighted by Crippen LogP contribution is -2.02. The van der Waals surface area contributed by atoms with Crippen LogP contribution in [0.2, 0.25) is 0 Å². The van der Waals surface area contributed by atoms with Crippen LogP contribution in [0, 0.1) is 6.92 Å². The highest BCUT2D eigenvalue weighted by molar-refractivity contribution is 7.98. The van der Waals surface area contributed by atoms with E-state index in [4.69, 9.17) is 10.6 Å². The molecule has 1 aromatic carbocycles. The van der Waals surface area contributed by atoms with Gasteiger partial charge < -0.3 is 4.74 Å². The van der Waals surface area contributed by atoms with Crippen molar-refractivity contribution in [2.75, 3.05) is 13.4 Å². The molecule has 0 heterocycles. The maximum absolute atomic E-state index is 5.23. The molecule has 0 aliphatic rings. The molecule has 0 spiro atoms. The molecular formula is C10H15NO2S. The molecule has 0 saturated carbocycles. The lowest BCUT2D eigenvalue weighted by atomic mass is 10.1. The van der Waals surface area contributed by atoms with Crippen molar-refractivity contribution < 1.29 is 9.57 Å². The molecule has 0 radical (unpaired) electrons. The molecular weight excluding hydrogens is 198 g/mol. The van der Waals surface area contributed by atoms with E-state index in [2.05, 4.69) is 11.8 Å². The van der Waals surface area contributed by atoms with Crippen molar-refractivity contribution in [3.8, 4) is 5.75 Å². The predicted octanol–water partition coefficient (Wildman–Crippen LogP) is 2.12. The zero-order valence-electron chi connectivity index (χ0n) is 8.66. The quantitative estimate of drug-likeness (QED) is 0.614. The van der Waals surface area contributed by atoms with Gasteiger partial charge in [0.2, 0.25) is 0 Å². The number of nitrogens with two attached hydrogens (primary N) is 1. The van der Waals surface area contributed by atoms with Crippen LogP contribution in [0.4, 0.5) is 0 Å². The molecule has 3 nitrogen and oxygen atoms in total. The van der Waals surface area contributed by atoms with E-state index in [-0.39, 0.29) is 0 Å². The summed E-state index contributed by atoms with van der Waals surface area (Å²) in [6.45, 7) is 2.43. The Kier molecular flexibility index (Phi) is 4.25. The molecule has 0 amide bonds. The number of benzene rings is 1. The van der Waals surface area contributed by atoms with Crippen molar-refractivity contribution in [3.05, 3.63) is 23.3 Å². The summed E-state index contributed by atoms with van der Waals surface area (Å²) in [6, 6.07) is 4.05. The summed E-state index contributed by atoms with van der Waals surface area (Å²) in [4.78, 5) is 5.84. The normalized spacial score (nSPS) is 10.3. The molecule has 1 rings (SSSR count). The van der Waals surface area contributed by atoms with Crippen LogP contribution in [-0.4, -0.2) is 13.4 Å². The van der Waals surface area contributed by atoms with Crippen molar-refractivity contribution in [1.82, 2.24) is 0 Å². The molecule has 0 saturated heterocycles. The molecule has 0 bridgehead atoms. The van der Waals surface area contributed by atoms with Crippen molar-refractivity contribution in [2.45, 2.75) is 18.4 Å². The summed E-state index contributed by atoms with van der Waals surface area (Å²) in [7, 11) is 1.65. The molecule has 78 valence electrons. The van der Waals surface area contributed by atoms with Gasteiger partial charge in [0.1, 0.15) is 5.75 Å². The monoisotopic (exact) mass is 213 g/mol. The van der Waals surface area contributed by atoms with Gasteiger partial charge in [0, 0.05) is 10.5 Å². The molecule has 14 heavy (non-hydrogen) atoms. The third-order valence-electron chi connectivity index (χ3n) is 2.04. The van der Waals surface area contributed by atoms with Crippen LogP contribution in [0.15, 0.2) is 17.0 Å². The predicted molar refractivity (Wildman–Crippen MR) is 58.5 cm³/mol. The van der Waals surface area contributed by atoms with Crippen LogP contribution in [0.5, 0.6) is 5.75 Å². The molecule has 1 aromatic rings. The lowest BCUT2D eigenvalue weighted by Gasteiger charge is -2.11. The number of hydrogen-bond acceptors (Lipinski definition) is 4. The minimum Gasteiger partial charge on any atom is -0.496 e. The second kappa shape index (κ2) is 5.24. The number of hydrogen-bond donors (Lipinski definition) is 1. The Morgan fingerprint density at radius 2 is 2.14 bits per heavy atom. The van der Waals surface area contributed by atoms with E-state index in [1.165, 1.54) is 10.5 Å².